The summed E-state index contributed by atoms with van der Waals surface area (Å²) in [6, 6.07) is 13.9. The van der Waals surface area contributed by atoms with Gasteiger partial charge in [-0.25, -0.2) is 0 Å². The van der Waals surface area contributed by atoms with E-state index in [0.29, 0.717) is 6.61 Å². The maximum absolute atomic E-state index is 5.59. The number of aromatic nitrogens is 2. The molecule has 0 bridgehead atoms. The van der Waals surface area contributed by atoms with Crippen molar-refractivity contribution < 1.29 is 9.15 Å². The average Bonchev–Trinajstić information content (AvgIpc) is 3.09. The molecule has 1 aromatic carbocycles. The highest BCUT2D eigenvalue weighted by molar-refractivity contribution is 5.17. The standard InChI is InChI=1S/C15H14N2O2/c1-2-5-13(6-3-1)10-17-11-15(9-16-17)19-12-14-7-4-8-18-14/h1-9,11H,10,12H2. The quantitative estimate of drug-likeness (QED) is 0.702. The van der Waals surface area contributed by atoms with Crippen LogP contribution in [0.1, 0.15) is 11.3 Å². The third-order valence-electron chi connectivity index (χ3n) is 2.76. The minimum Gasteiger partial charge on any atom is -0.482 e. The number of rotatable bonds is 5. The van der Waals surface area contributed by atoms with Crippen molar-refractivity contribution in [2.45, 2.75) is 13.2 Å². The Labute approximate surface area is 111 Å². The summed E-state index contributed by atoms with van der Waals surface area (Å²) in [6.45, 7) is 1.16. The lowest BCUT2D eigenvalue weighted by Gasteiger charge is -2.01. The third-order valence-corrected chi connectivity index (χ3v) is 2.76. The van der Waals surface area contributed by atoms with Gasteiger partial charge in [-0.3, -0.25) is 4.68 Å². The Morgan fingerprint density at radius 2 is 2.00 bits per heavy atom. The van der Waals surface area contributed by atoms with E-state index in [9.17, 15) is 0 Å². The second-order valence-electron chi connectivity index (χ2n) is 4.23. The summed E-state index contributed by atoms with van der Waals surface area (Å²) in [7, 11) is 0. The summed E-state index contributed by atoms with van der Waals surface area (Å²) < 4.78 is 12.7. The van der Waals surface area contributed by atoms with Crippen LogP contribution in [0.3, 0.4) is 0 Å². The molecule has 0 unspecified atom stereocenters. The van der Waals surface area contributed by atoms with E-state index in [4.69, 9.17) is 9.15 Å². The van der Waals surface area contributed by atoms with Gasteiger partial charge in [-0.15, -0.1) is 0 Å². The summed E-state index contributed by atoms with van der Waals surface area (Å²) in [4.78, 5) is 0. The van der Waals surface area contributed by atoms with Gasteiger partial charge in [0, 0.05) is 0 Å². The van der Waals surface area contributed by atoms with Crippen molar-refractivity contribution >= 4 is 0 Å². The monoisotopic (exact) mass is 254 g/mol. The lowest BCUT2D eigenvalue weighted by Crippen LogP contribution is -1.99. The van der Waals surface area contributed by atoms with Gasteiger partial charge in [0.1, 0.15) is 12.4 Å². The first-order valence-corrected chi connectivity index (χ1v) is 6.12. The molecule has 3 rings (SSSR count). The normalized spacial score (nSPS) is 10.5. The second-order valence-corrected chi connectivity index (χ2v) is 4.23. The first-order valence-electron chi connectivity index (χ1n) is 6.12. The van der Waals surface area contributed by atoms with Crippen molar-refractivity contribution in [3.63, 3.8) is 0 Å². The van der Waals surface area contributed by atoms with Gasteiger partial charge in [-0.1, -0.05) is 30.3 Å². The number of furan rings is 1. The minimum absolute atomic E-state index is 0.421. The van der Waals surface area contributed by atoms with Crippen LogP contribution in [-0.2, 0) is 13.2 Å². The summed E-state index contributed by atoms with van der Waals surface area (Å²) in [6.07, 6.45) is 5.24. The highest BCUT2D eigenvalue weighted by Gasteiger charge is 2.02. The zero-order valence-corrected chi connectivity index (χ0v) is 10.4. The van der Waals surface area contributed by atoms with Crippen molar-refractivity contribution in [1.29, 1.82) is 0 Å². The van der Waals surface area contributed by atoms with E-state index in [0.717, 1.165) is 18.1 Å². The molecule has 0 fully saturated rings. The molecule has 19 heavy (non-hydrogen) atoms. The van der Waals surface area contributed by atoms with Gasteiger partial charge in [-0.05, 0) is 17.7 Å². The molecule has 2 heterocycles. The van der Waals surface area contributed by atoms with E-state index in [1.165, 1.54) is 5.56 Å². The molecule has 0 saturated heterocycles. The maximum atomic E-state index is 5.59. The minimum atomic E-state index is 0.421. The fourth-order valence-corrected chi connectivity index (χ4v) is 1.83. The molecule has 4 nitrogen and oxygen atoms in total. The molecule has 0 aliphatic carbocycles. The molecule has 3 aromatic rings. The van der Waals surface area contributed by atoms with E-state index < -0.39 is 0 Å². The van der Waals surface area contributed by atoms with Crippen molar-refractivity contribution in [2.24, 2.45) is 0 Å². The van der Waals surface area contributed by atoms with E-state index in [1.54, 1.807) is 12.5 Å². The van der Waals surface area contributed by atoms with Crippen LogP contribution in [0.15, 0.2) is 65.5 Å². The van der Waals surface area contributed by atoms with Gasteiger partial charge < -0.3 is 9.15 Å². The molecule has 0 aliphatic heterocycles. The predicted octanol–water partition coefficient (Wildman–Crippen LogP) is 3.10. The molecule has 0 spiro atoms. The molecule has 96 valence electrons. The Bertz CT molecular complexity index is 615. The fourth-order valence-electron chi connectivity index (χ4n) is 1.83. The van der Waals surface area contributed by atoms with Gasteiger partial charge >= 0.3 is 0 Å². The molecule has 0 N–H and O–H groups in total. The SMILES string of the molecule is c1ccc(Cn2cc(OCc3ccco3)cn2)cc1. The summed E-state index contributed by atoms with van der Waals surface area (Å²) in [5.74, 6) is 1.54. The summed E-state index contributed by atoms with van der Waals surface area (Å²) in [5, 5.41) is 4.27. The van der Waals surface area contributed by atoms with E-state index >= 15 is 0 Å². The van der Waals surface area contributed by atoms with E-state index in [1.807, 2.05) is 41.2 Å². The fraction of sp³-hybridized carbons (Fsp3) is 0.133. The molecular formula is C15H14N2O2. The topological polar surface area (TPSA) is 40.2 Å². The number of ether oxygens (including phenoxy) is 1. The van der Waals surface area contributed by atoms with Gasteiger partial charge in [-0.2, -0.15) is 5.10 Å². The number of hydrogen-bond acceptors (Lipinski definition) is 3. The summed E-state index contributed by atoms with van der Waals surface area (Å²) in [5.41, 5.74) is 1.21. The zero-order valence-electron chi connectivity index (χ0n) is 10.4. The van der Waals surface area contributed by atoms with Crippen LogP contribution in [0.4, 0.5) is 0 Å². The maximum Gasteiger partial charge on any atom is 0.157 e. The zero-order chi connectivity index (χ0) is 12.9. The van der Waals surface area contributed by atoms with Gasteiger partial charge in [0.05, 0.1) is 25.2 Å². The van der Waals surface area contributed by atoms with Crippen molar-refractivity contribution in [3.8, 4) is 5.75 Å². The van der Waals surface area contributed by atoms with Crippen LogP contribution in [0, 0.1) is 0 Å². The predicted molar refractivity (Wildman–Crippen MR) is 70.8 cm³/mol. The van der Waals surface area contributed by atoms with Crippen LogP contribution in [0.5, 0.6) is 5.75 Å². The Hall–Kier alpha value is -2.49. The van der Waals surface area contributed by atoms with Crippen molar-refractivity contribution in [3.05, 3.63) is 72.4 Å². The van der Waals surface area contributed by atoms with Gasteiger partial charge in [0.15, 0.2) is 5.75 Å². The van der Waals surface area contributed by atoms with E-state index in [-0.39, 0.29) is 0 Å². The van der Waals surface area contributed by atoms with Crippen molar-refractivity contribution in [1.82, 2.24) is 9.78 Å². The lowest BCUT2D eigenvalue weighted by molar-refractivity contribution is 0.270. The first kappa shape index (κ1) is 11.6. The highest BCUT2D eigenvalue weighted by atomic mass is 16.5. The molecule has 0 amide bonds. The Kier molecular flexibility index (Phi) is 3.32. The summed E-state index contributed by atoms with van der Waals surface area (Å²) >= 11 is 0. The van der Waals surface area contributed by atoms with Crippen LogP contribution in [-0.4, -0.2) is 9.78 Å². The highest BCUT2D eigenvalue weighted by Crippen LogP contribution is 2.12. The third kappa shape index (κ3) is 3.04. The molecule has 0 atom stereocenters. The number of benzene rings is 1. The molecular weight excluding hydrogens is 240 g/mol. The Balaban J connectivity index is 1.60. The molecule has 0 aliphatic rings. The Morgan fingerprint density at radius 1 is 1.11 bits per heavy atom. The average molecular weight is 254 g/mol. The van der Waals surface area contributed by atoms with Crippen LogP contribution in [0.25, 0.3) is 0 Å². The molecule has 0 radical (unpaired) electrons. The number of hydrogen-bond donors (Lipinski definition) is 0. The van der Waals surface area contributed by atoms with Gasteiger partial charge in [0.2, 0.25) is 0 Å². The molecule has 0 saturated carbocycles. The second kappa shape index (κ2) is 5.44. The van der Waals surface area contributed by atoms with Crippen LogP contribution in [0.2, 0.25) is 0 Å². The van der Waals surface area contributed by atoms with Crippen LogP contribution >= 0.6 is 0 Å². The van der Waals surface area contributed by atoms with Gasteiger partial charge in [0.25, 0.3) is 0 Å². The first-order chi connectivity index (χ1) is 9.40. The Morgan fingerprint density at radius 3 is 2.79 bits per heavy atom. The number of nitrogens with zero attached hydrogens (tertiary/aromatic N) is 2. The smallest absolute Gasteiger partial charge is 0.157 e. The van der Waals surface area contributed by atoms with Crippen LogP contribution < -0.4 is 4.74 Å². The lowest BCUT2D eigenvalue weighted by atomic mass is 10.2. The van der Waals surface area contributed by atoms with Crippen molar-refractivity contribution in [2.75, 3.05) is 0 Å². The molecule has 2 aromatic heterocycles. The molecule has 4 heteroatoms. The largest absolute Gasteiger partial charge is 0.482 e. The van der Waals surface area contributed by atoms with E-state index in [2.05, 4.69) is 17.2 Å².